The second-order valence-corrected chi connectivity index (χ2v) is 8.18. The van der Waals surface area contributed by atoms with Crippen molar-refractivity contribution in [3.63, 3.8) is 0 Å². The highest BCUT2D eigenvalue weighted by Crippen LogP contribution is 2.35. The lowest BCUT2D eigenvalue weighted by Gasteiger charge is -2.17. The number of nitrogens with one attached hydrogen (secondary N) is 1. The Kier molecular flexibility index (Phi) is 4.95. The Hall–Kier alpha value is -3.00. The van der Waals surface area contributed by atoms with Gasteiger partial charge in [-0.3, -0.25) is 14.2 Å². The van der Waals surface area contributed by atoms with E-state index in [-0.39, 0.29) is 17.9 Å². The fraction of sp³-hybridized carbons (Fsp3) is 0.300. The molecular formula is C20H20N4O3S. The summed E-state index contributed by atoms with van der Waals surface area (Å²) in [5, 5.41) is 13.8. The smallest absolute Gasteiger partial charge is 0.262 e. The number of phenolic OH excluding ortho intramolecular Hbond substituents is 1. The number of carbonyl (C=O) groups excluding carboxylic acids is 1. The van der Waals surface area contributed by atoms with Crippen LogP contribution in [0.15, 0.2) is 40.5 Å². The highest BCUT2D eigenvalue weighted by Gasteiger charge is 2.23. The third-order valence-corrected chi connectivity index (χ3v) is 6.05. The van der Waals surface area contributed by atoms with E-state index in [0.29, 0.717) is 11.3 Å². The molecule has 1 amide bonds. The molecule has 2 aromatic heterocycles. The molecule has 8 heteroatoms. The van der Waals surface area contributed by atoms with Crippen LogP contribution < -0.4 is 11.0 Å². The zero-order chi connectivity index (χ0) is 19.7. The molecule has 1 aliphatic carbocycles. The second kappa shape index (κ2) is 7.55. The van der Waals surface area contributed by atoms with Crippen LogP contribution in [-0.2, 0) is 24.2 Å². The van der Waals surface area contributed by atoms with Gasteiger partial charge in [-0.05, 0) is 60.6 Å². The summed E-state index contributed by atoms with van der Waals surface area (Å²) in [6.45, 7) is 2.08. The number of carbonyl (C=O) groups is 1. The number of hydrazone groups is 1. The predicted molar refractivity (Wildman–Crippen MR) is 109 cm³/mol. The van der Waals surface area contributed by atoms with E-state index in [9.17, 15) is 14.7 Å². The summed E-state index contributed by atoms with van der Waals surface area (Å²) >= 11 is 1.59. The third kappa shape index (κ3) is 3.68. The summed E-state index contributed by atoms with van der Waals surface area (Å²) < 4.78 is 1.33. The molecule has 2 N–H and O–H groups in total. The van der Waals surface area contributed by atoms with Gasteiger partial charge in [0.25, 0.3) is 11.5 Å². The minimum atomic E-state index is -0.406. The van der Waals surface area contributed by atoms with E-state index in [1.54, 1.807) is 23.5 Å². The Balaban J connectivity index is 1.50. The SMILES string of the molecule is CC1CCc2c(sc3ncn(CC(=O)N/N=C/c4ccc(O)cc4)c(=O)c23)C1. The van der Waals surface area contributed by atoms with E-state index < -0.39 is 5.91 Å². The van der Waals surface area contributed by atoms with E-state index in [1.165, 1.54) is 34.1 Å². The van der Waals surface area contributed by atoms with E-state index in [0.717, 1.165) is 35.2 Å². The van der Waals surface area contributed by atoms with Crippen LogP contribution in [0.1, 0.15) is 29.3 Å². The van der Waals surface area contributed by atoms with E-state index in [2.05, 4.69) is 22.4 Å². The van der Waals surface area contributed by atoms with E-state index in [1.807, 2.05) is 0 Å². The van der Waals surface area contributed by atoms with Crippen molar-refractivity contribution in [2.75, 3.05) is 0 Å². The average Bonchev–Trinajstić information content (AvgIpc) is 3.04. The van der Waals surface area contributed by atoms with Crippen LogP contribution in [0, 0.1) is 5.92 Å². The zero-order valence-electron chi connectivity index (χ0n) is 15.4. The predicted octanol–water partition coefficient (Wildman–Crippen LogP) is 2.44. The fourth-order valence-corrected chi connectivity index (χ4v) is 4.75. The molecule has 0 bridgehead atoms. The third-order valence-electron chi connectivity index (χ3n) is 4.89. The van der Waals surface area contributed by atoms with Crippen LogP contribution in [0.25, 0.3) is 10.2 Å². The van der Waals surface area contributed by atoms with E-state index in [4.69, 9.17) is 0 Å². The van der Waals surface area contributed by atoms with E-state index >= 15 is 0 Å². The number of amides is 1. The van der Waals surface area contributed by atoms with Crippen molar-refractivity contribution in [1.82, 2.24) is 15.0 Å². The zero-order valence-corrected chi connectivity index (χ0v) is 16.2. The number of nitrogens with zero attached hydrogens (tertiary/aromatic N) is 3. The second-order valence-electron chi connectivity index (χ2n) is 7.09. The van der Waals surface area contributed by atoms with Crippen molar-refractivity contribution in [3.8, 4) is 5.75 Å². The Labute approximate surface area is 165 Å². The molecule has 28 heavy (non-hydrogen) atoms. The van der Waals surface area contributed by atoms with Crippen molar-refractivity contribution in [1.29, 1.82) is 0 Å². The van der Waals surface area contributed by atoms with Gasteiger partial charge in [-0.2, -0.15) is 5.10 Å². The molecule has 1 unspecified atom stereocenters. The molecule has 4 rings (SSSR count). The summed E-state index contributed by atoms with van der Waals surface area (Å²) in [6, 6.07) is 6.42. The van der Waals surface area contributed by atoms with Crippen LogP contribution >= 0.6 is 11.3 Å². The fourth-order valence-electron chi connectivity index (χ4n) is 3.41. The summed E-state index contributed by atoms with van der Waals surface area (Å²) in [4.78, 5) is 31.5. The summed E-state index contributed by atoms with van der Waals surface area (Å²) in [5.41, 5.74) is 4.08. The molecular weight excluding hydrogens is 376 g/mol. The van der Waals surface area contributed by atoms with Crippen LogP contribution in [0.5, 0.6) is 5.75 Å². The molecule has 0 radical (unpaired) electrons. The number of aromatic hydroxyl groups is 1. The van der Waals surface area contributed by atoms with Crippen LogP contribution in [0.3, 0.4) is 0 Å². The van der Waals surface area contributed by atoms with Crippen LogP contribution in [0.2, 0.25) is 0 Å². The van der Waals surface area contributed by atoms with Gasteiger partial charge in [-0.15, -0.1) is 11.3 Å². The maximum Gasteiger partial charge on any atom is 0.262 e. The van der Waals surface area contributed by atoms with Gasteiger partial charge < -0.3 is 5.11 Å². The van der Waals surface area contributed by atoms with Crippen LogP contribution in [-0.4, -0.2) is 26.8 Å². The largest absolute Gasteiger partial charge is 0.508 e. The number of thiophene rings is 1. The Morgan fingerprint density at radius 1 is 1.43 bits per heavy atom. The van der Waals surface area contributed by atoms with Gasteiger partial charge in [0.1, 0.15) is 17.1 Å². The van der Waals surface area contributed by atoms with Gasteiger partial charge in [0.15, 0.2) is 0 Å². The lowest BCUT2D eigenvalue weighted by atomic mass is 9.89. The lowest BCUT2D eigenvalue weighted by molar-refractivity contribution is -0.121. The quantitative estimate of drug-likeness (QED) is 0.523. The molecule has 0 aliphatic heterocycles. The first-order chi connectivity index (χ1) is 13.5. The molecule has 1 aromatic carbocycles. The van der Waals surface area contributed by atoms with Crippen molar-refractivity contribution < 1.29 is 9.90 Å². The molecule has 0 saturated carbocycles. The van der Waals surface area contributed by atoms with Crippen molar-refractivity contribution in [3.05, 3.63) is 57.0 Å². The molecule has 3 aromatic rings. The summed E-state index contributed by atoms with van der Waals surface area (Å²) in [7, 11) is 0. The highest BCUT2D eigenvalue weighted by molar-refractivity contribution is 7.18. The molecule has 0 spiro atoms. The highest BCUT2D eigenvalue weighted by atomic mass is 32.1. The maximum atomic E-state index is 12.9. The molecule has 2 heterocycles. The van der Waals surface area contributed by atoms with Gasteiger partial charge in [-0.1, -0.05) is 6.92 Å². The number of rotatable bonds is 4. The average molecular weight is 396 g/mol. The summed E-state index contributed by atoms with van der Waals surface area (Å²) in [5.74, 6) is 0.379. The summed E-state index contributed by atoms with van der Waals surface area (Å²) in [6.07, 6.45) is 5.85. The molecule has 0 saturated heterocycles. The minimum absolute atomic E-state index is 0.143. The van der Waals surface area contributed by atoms with Gasteiger partial charge in [0.2, 0.25) is 0 Å². The van der Waals surface area contributed by atoms with Gasteiger partial charge >= 0.3 is 0 Å². The number of benzene rings is 1. The number of fused-ring (bicyclic) bond motifs is 3. The van der Waals surface area contributed by atoms with Gasteiger partial charge in [-0.25, -0.2) is 10.4 Å². The molecule has 144 valence electrons. The Bertz CT molecular complexity index is 1110. The number of hydrogen-bond donors (Lipinski definition) is 2. The standard InChI is InChI=1S/C20H20N4O3S/c1-12-2-7-15-16(8-12)28-19-18(15)20(27)24(11-21-19)10-17(26)23-22-9-13-3-5-14(25)6-4-13/h3-6,9,11-12,25H,2,7-8,10H2,1H3,(H,23,26)/b22-9+. The number of phenols is 1. The first-order valence-electron chi connectivity index (χ1n) is 9.12. The van der Waals surface area contributed by atoms with Crippen LogP contribution in [0.4, 0.5) is 0 Å². The Morgan fingerprint density at radius 2 is 2.21 bits per heavy atom. The Morgan fingerprint density at radius 3 is 3.00 bits per heavy atom. The van der Waals surface area contributed by atoms with Gasteiger partial charge in [0.05, 0.1) is 17.9 Å². The molecule has 7 nitrogen and oxygen atoms in total. The normalized spacial score (nSPS) is 16.4. The maximum absolute atomic E-state index is 12.9. The first kappa shape index (κ1) is 18.4. The first-order valence-corrected chi connectivity index (χ1v) is 9.93. The van der Waals surface area contributed by atoms with Crippen molar-refractivity contribution in [2.24, 2.45) is 11.0 Å². The lowest BCUT2D eigenvalue weighted by Crippen LogP contribution is -2.30. The topological polar surface area (TPSA) is 96.6 Å². The molecule has 0 fully saturated rings. The number of aromatic nitrogens is 2. The van der Waals surface area contributed by atoms with Crippen molar-refractivity contribution >= 4 is 33.7 Å². The number of hydrogen-bond acceptors (Lipinski definition) is 6. The number of aryl methyl sites for hydroxylation is 1. The minimum Gasteiger partial charge on any atom is -0.508 e. The monoisotopic (exact) mass is 396 g/mol. The van der Waals surface area contributed by atoms with Crippen molar-refractivity contribution in [2.45, 2.75) is 32.7 Å². The van der Waals surface area contributed by atoms with Gasteiger partial charge in [0, 0.05) is 4.88 Å². The molecule has 1 atom stereocenters. The molecule has 1 aliphatic rings.